The van der Waals surface area contributed by atoms with Gasteiger partial charge in [-0.2, -0.15) is 13.2 Å². The minimum Gasteiger partial charge on any atom is -0.356 e. The summed E-state index contributed by atoms with van der Waals surface area (Å²) in [5.41, 5.74) is -2.59. The molecule has 8 heteroatoms. The third-order valence-corrected chi connectivity index (χ3v) is 7.37. The largest absolute Gasteiger partial charge is 0.430 e. The first kappa shape index (κ1) is 23.7. The zero-order valence-electron chi connectivity index (χ0n) is 18.5. The Morgan fingerprint density at radius 1 is 1.06 bits per heavy atom. The number of amides is 1. The maximum Gasteiger partial charge on any atom is 0.430 e. The molecule has 0 radical (unpaired) electrons. The zero-order chi connectivity index (χ0) is 23.7. The van der Waals surface area contributed by atoms with Crippen molar-refractivity contribution in [2.75, 3.05) is 33.3 Å². The van der Waals surface area contributed by atoms with Crippen molar-refractivity contribution in [3.8, 4) is 0 Å². The van der Waals surface area contributed by atoms with Crippen LogP contribution in [0.25, 0.3) is 0 Å². The van der Waals surface area contributed by atoms with Crippen LogP contribution in [0.2, 0.25) is 0 Å². The van der Waals surface area contributed by atoms with Gasteiger partial charge in [0.2, 0.25) is 0 Å². The summed E-state index contributed by atoms with van der Waals surface area (Å²) in [5, 5.41) is 3.36. The molecule has 0 bridgehead atoms. The van der Waals surface area contributed by atoms with Crippen molar-refractivity contribution in [3.05, 3.63) is 71.5 Å². The van der Waals surface area contributed by atoms with Gasteiger partial charge in [-0.05, 0) is 48.9 Å². The maximum absolute atomic E-state index is 14.3. The average Bonchev–Trinajstić information content (AvgIpc) is 2.80. The molecule has 4 nitrogen and oxygen atoms in total. The van der Waals surface area contributed by atoms with E-state index >= 15 is 0 Å². The standard InChI is InChI=1S/C25H28F4N2O2/c1-33-24(25(27,28)29,19-7-3-2-4-8-19)22(32)31-14-11-23(12-15-31)10-13-30-17-21(23)18-6-5-9-20(26)16-18/h2-9,16,21,30H,10-15,17H2,1H3/t21-,24-/m0/s1. The summed E-state index contributed by atoms with van der Waals surface area (Å²) in [5.74, 6) is -1.36. The molecule has 0 saturated carbocycles. The van der Waals surface area contributed by atoms with Crippen LogP contribution in [0.3, 0.4) is 0 Å². The van der Waals surface area contributed by atoms with Crippen molar-refractivity contribution in [2.45, 2.75) is 37.0 Å². The van der Waals surface area contributed by atoms with Crippen molar-refractivity contribution < 1.29 is 27.1 Å². The number of ether oxygens (including phenoxy) is 1. The molecule has 2 saturated heterocycles. The summed E-state index contributed by atoms with van der Waals surface area (Å²) in [6, 6.07) is 13.6. The van der Waals surface area contributed by atoms with Crippen molar-refractivity contribution >= 4 is 5.91 Å². The summed E-state index contributed by atoms with van der Waals surface area (Å²) in [7, 11) is 0.927. The van der Waals surface area contributed by atoms with E-state index in [9.17, 15) is 22.4 Å². The van der Waals surface area contributed by atoms with E-state index in [1.165, 1.54) is 41.3 Å². The Morgan fingerprint density at radius 3 is 2.36 bits per heavy atom. The Hall–Kier alpha value is -2.45. The molecule has 0 aliphatic carbocycles. The number of alkyl halides is 3. The van der Waals surface area contributed by atoms with Gasteiger partial charge in [0, 0.05) is 38.2 Å². The van der Waals surface area contributed by atoms with E-state index in [1.807, 2.05) is 6.07 Å². The first-order valence-corrected chi connectivity index (χ1v) is 11.2. The highest BCUT2D eigenvalue weighted by atomic mass is 19.4. The van der Waals surface area contributed by atoms with Crippen LogP contribution in [0.4, 0.5) is 17.6 Å². The first-order chi connectivity index (χ1) is 15.7. The minimum atomic E-state index is -4.92. The highest BCUT2D eigenvalue weighted by Gasteiger charge is 2.64. The lowest BCUT2D eigenvalue weighted by Gasteiger charge is -2.50. The number of rotatable bonds is 4. The molecule has 0 aromatic heterocycles. The smallest absolute Gasteiger partial charge is 0.356 e. The van der Waals surface area contributed by atoms with Crippen LogP contribution in [0.1, 0.15) is 36.3 Å². The van der Waals surface area contributed by atoms with Crippen LogP contribution in [-0.4, -0.2) is 50.3 Å². The molecule has 2 aromatic carbocycles. The van der Waals surface area contributed by atoms with E-state index in [-0.39, 0.29) is 35.8 Å². The van der Waals surface area contributed by atoms with E-state index in [1.54, 1.807) is 12.1 Å². The lowest BCUT2D eigenvalue weighted by Crippen LogP contribution is -2.59. The molecule has 1 amide bonds. The predicted molar refractivity (Wildman–Crippen MR) is 116 cm³/mol. The number of nitrogens with zero attached hydrogens (tertiary/aromatic N) is 1. The number of hydrogen-bond donors (Lipinski definition) is 1. The van der Waals surface area contributed by atoms with Crippen LogP contribution >= 0.6 is 0 Å². The van der Waals surface area contributed by atoms with Crippen molar-refractivity contribution in [3.63, 3.8) is 0 Å². The van der Waals surface area contributed by atoms with E-state index < -0.39 is 17.7 Å². The van der Waals surface area contributed by atoms with Gasteiger partial charge in [-0.15, -0.1) is 0 Å². The van der Waals surface area contributed by atoms with Crippen LogP contribution < -0.4 is 5.32 Å². The summed E-state index contributed by atoms with van der Waals surface area (Å²) in [4.78, 5) is 14.7. The van der Waals surface area contributed by atoms with Crippen molar-refractivity contribution in [2.24, 2.45) is 5.41 Å². The summed E-state index contributed by atoms with van der Waals surface area (Å²) in [6.45, 7) is 1.84. The number of methoxy groups -OCH3 is 1. The molecule has 2 aromatic rings. The van der Waals surface area contributed by atoms with E-state index in [0.29, 0.717) is 19.4 Å². The molecule has 2 fully saturated rings. The number of benzene rings is 2. The van der Waals surface area contributed by atoms with E-state index in [0.717, 1.165) is 25.6 Å². The van der Waals surface area contributed by atoms with Gasteiger partial charge >= 0.3 is 6.18 Å². The van der Waals surface area contributed by atoms with Gasteiger partial charge in [-0.1, -0.05) is 42.5 Å². The Kier molecular flexibility index (Phi) is 6.51. The third-order valence-electron chi connectivity index (χ3n) is 7.37. The van der Waals surface area contributed by atoms with Crippen LogP contribution in [0.5, 0.6) is 0 Å². The summed E-state index contributed by atoms with van der Waals surface area (Å²) < 4.78 is 61.8. The van der Waals surface area contributed by atoms with E-state index in [2.05, 4.69) is 5.32 Å². The van der Waals surface area contributed by atoms with Gasteiger partial charge < -0.3 is 15.0 Å². The quantitative estimate of drug-likeness (QED) is 0.672. The molecule has 2 aliphatic rings. The fourth-order valence-electron chi connectivity index (χ4n) is 5.55. The lowest BCUT2D eigenvalue weighted by atomic mass is 9.62. The molecule has 33 heavy (non-hydrogen) atoms. The number of piperidine rings is 2. The molecule has 0 unspecified atom stereocenters. The van der Waals surface area contributed by atoms with Crippen LogP contribution in [0, 0.1) is 11.2 Å². The Morgan fingerprint density at radius 2 is 1.76 bits per heavy atom. The number of carbonyl (C=O) groups is 1. The van der Waals surface area contributed by atoms with Gasteiger partial charge in [-0.3, -0.25) is 4.79 Å². The fraction of sp³-hybridized carbons (Fsp3) is 0.480. The molecular formula is C25H28F4N2O2. The van der Waals surface area contributed by atoms with E-state index in [4.69, 9.17) is 4.74 Å². The normalized spacial score (nSPS) is 22.7. The molecule has 2 atom stereocenters. The number of halogens is 4. The molecule has 1 spiro atoms. The van der Waals surface area contributed by atoms with Gasteiger partial charge in [0.15, 0.2) is 0 Å². The lowest BCUT2D eigenvalue weighted by molar-refractivity contribution is -0.271. The number of likely N-dealkylation sites (tertiary alicyclic amines) is 1. The second-order valence-electron chi connectivity index (χ2n) is 8.97. The molecule has 2 aliphatic heterocycles. The van der Waals surface area contributed by atoms with Crippen molar-refractivity contribution in [1.82, 2.24) is 10.2 Å². The minimum absolute atomic E-state index is 0.0307. The van der Waals surface area contributed by atoms with Gasteiger partial charge in [-0.25, -0.2) is 4.39 Å². The highest BCUT2D eigenvalue weighted by molar-refractivity contribution is 5.88. The monoisotopic (exact) mass is 464 g/mol. The number of hydrogen-bond acceptors (Lipinski definition) is 3. The summed E-state index contributed by atoms with van der Waals surface area (Å²) in [6.07, 6.45) is -3.00. The Balaban J connectivity index is 1.60. The van der Waals surface area contributed by atoms with Gasteiger partial charge in [0.05, 0.1) is 0 Å². The number of nitrogens with one attached hydrogen (secondary N) is 1. The van der Waals surface area contributed by atoms with Gasteiger partial charge in [0.1, 0.15) is 5.82 Å². The Labute approximate surface area is 190 Å². The predicted octanol–water partition coefficient (Wildman–Crippen LogP) is 4.62. The fourth-order valence-corrected chi connectivity index (χ4v) is 5.55. The topological polar surface area (TPSA) is 41.6 Å². The molecule has 178 valence electrons. The number of carbonyl (C=O) groups excluding carboxylic acids is 1. The first-order valence-electron chi connectivity index (χ1n) is 11.2. The SMILES string of the molecule is CO[C@](C(=O)N1CCC2(CCNC[C@H]2c2cccc(F)c2)CC1)(c1ccccc1)C(F)(F)F. The Bertz CT molecular complexity index is 974. The second-order valence-corrected chi connectivity index (χ2v) is 8.97. The zero-order valence-corrected chi connectivity index (χ0v) is 18.5. The molecule has 2 heterocycles. The van der Waals surface area contributed by atoms with Crippen molar-refractivity contribution in [1.29, 1.82) is 0 Å². The highest BCUT2D eigenvalue weighted by Crippen LogP contribution is 2.50. The third kappa shape index (κ3) is 4.15. The molecule has 4 rings (SSSR count). The van der Waals surface area contributed by atoms with Gasteiger partial charge in [0.25, 0.3) is 11.5 Å². The maximum atomic E-state index is 14.3. The van der Waals surface area contributed by atoms with Crippen LogP contribution in [0.15, 0.2) is 54.6 Å². The summed E-state index contributed by atoms with van der Waals surface area (Å²) >= 11 is 0. The second kappa shape index (κ2) is 9.06. The molecular weight excluding hydrogens is 436 g/mol. The average molecular weight is 465 g/mol. The van der Waals surface area contributed by atoms with Crippen LogP contribution in [-0.2, 0) is 15.1 Å². The molecule has 1 N–H and O–H groups in total.